The zero-order valence-corrected chi connectivity index (χ0v) is 10.7. The molecule has 3 heteroatoms. The molecule has 1 aromatic carbocycles. The maximum absolute atomic E-state index is 11.7. The highest BCUT2D eigenvalue weighted by atomic mass is 79.9. The predicted octanol–water partition coefficient (Wildman–Crippen LogP) is 3.77. The largest absolute Gasteiger partial charge is 0.293 e. The van der Waals surface area contributed by atoms with Gasteiger partial charge in [0, 0.05) is 10.0 Å². The van der Waals surface area contributed by atoms with Gasteiger partial charge < -0.3 is 0 Å². The number of carbonyl (C=O) groups is 1. The van der Waals surface area contributed by atoms with Gasteiger partial charge in [-0.25, -0.2) is 0 Å². The van der Waals surface area contributed by atoms with E-state index in [2.05, 4.69) is 29.8 Å². The zero-order valence-electron chi connectivity index (χ0n) is 8.29. The van der Waals surface area contributed by atoms with E-state index >= 15 is 0 Å². The Morgan fingerprint density at radius 1 is 1.43 bits per heavy atom. The Kier molecular flexibility index (Phi) is 4.69. The molecule has 1 rings (SSSR count). The first kappa shape index (κ1) is 11.8. The monoisotopic (exact) mass is 272 g/mol. The summed E-state index contributed by atoms with van der Waals surface area (Å²) in [5, 5.41) is 0.501. The molecule has 0 aliphatic rings. The molecule has 0 aliphatic heterocycles. The van der Waals surface area contributed by atoms with E-state index in [1.807, 2.05) is 24.3 Å². The molecule has 0 fully saturated rings. The lowest BCUT2D eigenvalue weighted by atomic mass is 10.1. The van der Waals surface area contributed by atoms with Crippen LogP contribution in [0.1, 0.15) is 24.2 Å². The molecule has 0 atom stereocenters. The summed E-state index contributed by atoms with van der Waals surface area (Å²) in [6, 6.07) is 7.55. The standard InChI is InChI=1S/C11H13BrOS/c1-8(2)14-7-11(13)9-5-3-4-6-10(9)12/h3-6,8H,7H2,1-2H3. The maximum Gasteiger partial charge on any atom is 0.173 e. The molecule has 0 heterocycles. The maximum atomic E-state index is 11.7. The Morgan fingerprint density at radius 3 is 2.64 bits per heavy atom. The Bertz CT molecular complexity index is 323. The number of hydrogen-bond acceptors (Lipinski definition) is 2. The minimum Gasteiger partial charge on any atom is -0.293 e. The van der Waals surface area contributed by atoms with Crippen LogP contribution in [0.2, 0.25) is 0 Å². The highest BCUT2D eigenvalue weighted by Crippen LogP contribution is 2.19. The smallest absolute Gasteiger partial charge is 0.173 e. The van der Waals surface area contributed by atoms with E-state index < -0.39 is 0 Å². The van der Waals surface area contributed by atoms with Gasteiger partial charge in [-0.15, -0.1) is 0 Å². The second-order valence-electron chi connectivity index (χ2n) is 3.26. The Labute approximate surface area is 97.4 Å². The highest BCUT2D eigenvalue weighted by molar-refractivity contribution is 9.10. The van der Waals surface area contributed by atoms with E-state index in [0.29, 0.717) is 11.0 Å². The summed E-state index contributed by atoms with van der Waals surface area (Å²) in [4.78, 5) is 11.7. The molecule has 0 aromatic heterocycles. The van der Waals surface area contributed by atoms with Gasteiger partial charge in [0.1, 0.15) is 0 Å². The third-order valence-electron chi connectivity index (χ3n) is 1.72. The van der Waals surface area contributed by atoms with Crippen LogP contribution in [-0.2, 0) is 0 Å². The van der Waals surface area contributed by atoms with Crippen LogP contribution in [0.5, 0.6) is 0 Å². The molecule has 1 nitrogen and oxygen atoms in total. The fourth-order valence-corrected chi connectivity index (χ4v) is 2.15. The molecule has 0 saturated carbocycles. The molecule has 0 aliphatic carbocycles. The van der Waals surface area contributed by atoms with Crippen molar-refractivity contribution in [1.29, 1.82) is 0 Å². The van der Waals surface area contributed by atoms with E-state index in [0.717, 1.165) is 10.0 Å². The van der Waals surface area contributed by atoms with Crippen molar-refractivity contribution in [2.45, 2.75) is 19.1 Å². The molecule has 0 N–H and O–H groups in total. The molecule has 14 heavy (non-hydrogen) atoms. The number of benzene rings is 1. The molecule has 0 saturated heterocycles. The lowest BCUT2D eigenvalue weighted by Crippen LogP contribution is -2.05. The van der Waals surface area contributed by atoms with Gasteiger partial charge in [0.2, 0.25) is 0 Å². The summed E-state index contributed by atoms with van der Waals surface area (Å²) in [5.74, 6) is 0.747. The first-order valence-corrected chi connectivity index (χ1v) is 6.34. The van der Waals surface area contributed by atoms with Crippen LogP contribution in [0.15, 0.2) is 28.7 Å². The van der Waals surface area contributed by atoms with E-state index in [1.165, 1.54) is 0 Å². The Morgan fingerprint density at radius 2 is 2.07 bits per heavy atom. The quantitative estimate of drug-likeness (QED) is 0.777. The van der Waals surface area contributed by atoms with Crippen LogP contribution >= 0.6 is 27.7 Å². The number of ketones is 1. The molecule has 0 unspecified atom stereocenters. The van der Waals surface area contributed by atoms with Crippen molar-refractivity contribution in [1.82, 2.24) is 0 Å². The summed E-state index contributed by atoms with van der Waals surface area (Å²) in [5.41, 5.74) is 0.778. The van der Waals surface area contributed by atoms with Crippen LogP contribution < -0.4 is 0 Å². The average Bonchev–Trinajstić information content (AvgIpc) is 2.15. The second kappa shape index (κ2) is 5.56. The number of thioether (sulfide) groups is 1. The Hall–Kier alpha value is -0.280. The van der Waals surface area contributed by atoms with Gasteiger partial charge in [-0.2, -0.15) is 11.8 Å². The van der Waals surface area contributed by atoms with Crippen LogP contribution in [0.25, 0.3) is 0 Å². The molecular weight excluding hydrogens is 260 g/mol. The number of hydrogen-bond donors (Lipinski definition) is 0. The summed E-state index contributed by atoms with van der Waals surface area (Å²) >= 11 is 5.05. The SMILES string of the molecule is CC(C)SCC(=O)c1ccccc1Br. The fourth-order valence-electron chi connectivity index (χ4n) is 1.01. The first-order valence-electron chi connectivity index (χ1n) is 4.50. The van der Waals surface area contributed by atoms with E-state index in [4.69, 9.17) is 0 Å². The van der Waals surface area contributed by atoms with E-state index in [-0.39, 0.29) is 5.78 Å². The molecular formula is C11H13BrOS. The van der Waals surface area contributed by atoms with Crippen molar-refractivity contribution < 1.29 is 4.79 Å². The minimum absolute atomic E-state index is 0.191. The van der Waals surface area contributed by atoms with E-state index in [9.17, 15) is 4.79 Å². The predicted molar refractivity (Wildman–Crippen MR) is 66.1 cm³/mol. The minimum atomic E-state index is 0.191. The average molecular weight is 273 g/mol. The van der Waals surface area contributed by atoms with Gasteiger partial charge in [0.15, 0.2) is 5.78 Å². The third kappa shape index (κ3) is 3.46. The molecule has 0 spiro atoms. The van der Waals surface area contributed by atoms with Crippen LogP contribution in [-0.4, -0.2) is 16.8 Å². The summed E-state index contributed by atoms with van der Waals surface area (Å²) in [7, 11) is 0. The van der Waals surface area contributed by atoms with Crippen molar-refractivity contribution >= 4 is 33.5 Å². The van der Waals surface area contributed by atoms with Crippen molar-refractivity contribution in [3.05, 3.63) is 34.3 Å². The van der Waals surface area contributed by atoms with Crippen LogP contribution in [0.4, 0.5) is 0 Å². The lowest BCUT2D eigenvalue weighted by Gasteiger charge is -2.05. The molecule has 1 aromatic rings. The van der Waals surface area contributed by atoms with Gasteiger partial charge in [-0.1, -0.05) is 48.0 Å². The van der Waals surface area contributed by atoms with Crippen molar-refractivity contribution in [2.75, 3.05) is 5.75 Å². The number of rotatable bonds is 4. The lowest BCUT2D eigenvalue weighted by molar-refractivity contribution is 0.102. The van der Waals surface area contributed by atoms with Crippen molar-refractivity contribution in [3.63, 3.8) is 0 Å². The first-order chi connectivity index (χ1) is 6.61. The molecule has 0 bridgehead atoms. The van der Waals surface area contributed by atoms with E-state index in [1.54, 1.807) is 11.8 Å². The van der Waals surface area contributed by atoms with Gasteiger partial charge in [-0.05, 0) is 11.3 Å². The third-order valence-corrected chi connectivity index (χ3v) is 3.51. The summed E-state index contributed by atoms with van der Waals surface area (Å²) in [6.45, 7) is 4.19. The fraction of sp³-hybridized carbons (Fsp3) is 0.364. The second-order valence-corrected chi connectivity index (χ2v) is 5.68. The van der Waals surface area contributed by atoms with Crippen molar-refractivity contribution in [2.24, 2.45) is 0 Å². The van der Waals surface area contributed by atoms with Crippen LogP contribution in [0, 0.1) is 0 Å². The van der Waals surface area contributed by atoms with Gasteiger partial charge in [-0.3, -0.25) is 4.79 Å². The summed E-state index contributed by atoms with van der Waals surface area (Å²) in [6.07, 6.45) is 0. The topological polar surface area (TPSA) is 17.1 Å². The molecule has 76 valence electrons. The van der Waals surface area contributed by atoms with Gasteiger partial charge in [0.05, 0.1) is 5.75 Å². The zero-order chi connectivity index (χ0) is 10.6. The summed E-state index contributed by atoms with van der Waals surface area (Å²) < 4.78 is 0.884. The Balaban J connectivity index is 2.65. The van der Waals surface area contributed by atoms with Gasteiger partial charge >= 0.3 is 0 Å². The number of carbonyl (C=O) groups excluding carboxylic acids is 1. The normalized spacial score (nSPS) is 10.6. The molecule has 0 radical (unpaired) electrons. The number of halogens is 1. The highest BCUT2D eigenvalue weighted by Gasteiger charge is 2.09. The molecule has 0 amide bonds. The van der Waals surface area contributed by atoms with Crippen LogP contribution in [0.3, 0.4) is 0 Å². The number of Topliss-reactive ketones (excluding diaryl/α,β-unsaturated/α-hetero) is 1. The van der Waals surface area contributed by atoms with Crippen molar-refractivity contribution in [3.8, 4) is 0 Å². The van der Waals surface area contributed by atoms with Gasteiger partial charge in [0.25, 0.3) is 0 Å².